The number of furan rings is 1. The molecule has 5 nitrogen and oxygen atoms in total. The monoisotopic (exact) mass is 380 g/mol. The third-order valence-corrected chi connectivity index (χ3v) is 4.90. The van der Waals surface area contributed by atoms with Crippen LogP contribution in [0.1, 0.15) is 24.2 Å². The first-order valence-corrected chi connectivity index (χ1v) is 8.80. The van der Waals surface area contributed by atoms with Gasteiger partial charge in [0, 0.05) is 16.6 Å². The fraction of sp³-hybridized carbons (Fsp3) is 0.333. The maximum absolute atomic E-state index is 12.4. The maximum atomic E-state index is 12.4. The van der Waals surface area contributed by atoms with E-state index in [4.69, 9.17) is 27.6 Å². The van der Waals surface area contributed by atoms with Crippen LogP contribution in [0.15, 0.2) is 41.0 Å². The van der Waals surface area contributed by atoms with E-state index in [1.54, 1.807) is 30.5 Å². The second-order valence-electron chi connectivity index (χ2n) is 6.09. The summed E-state index contributed by atoms with van der Waals surface area (Å²) in [6.45, 7) is 0.689. The largest absolute Gasteiger partial charge is 0.467 e. The zero-order valence-corrected chi connectivity index (χ0v) is 15.0. The number of hydrogen-bond acceptors (Lipinski definition) is 3. The van der Waals surface area contributed by atoms with Crippen molar-refractivity contribution in [3.05, 3.63) is 58.0 Å². The van der Waals surface area contributed by atoms with Crippen LogP contribution >= 0.6 is 23.2 Å². The predicted octanol–water partition coefficient (Wildman–Crippen LogP) is 3.34. The van der Waals surface area contributed by atoms with Crippen molar-refractivity contribution in [2.24, 2.45) is 5.41 Å². The number of rotatable bonds is 7. The first-order chi connectivity index (χ1) is 12.0. The summed E-state index contributed by atoms with van der Waals surface area (Å²) >= 11 is 12.0. The second kappa shape index (κ2) is 7.50. The molecule has 25 heavy (non-hydrogen) atoms. The van der Waals surface area contributed by atoms with Crippen molar-refractivity contribution in [2.75, 3.05) is 6.54 Å². The molecule has 3 rings (SSSR count). The first-order valence-electron chi connectivity index (χ1n) is 8.04. The Labute approximate surface area is 155 Å². The van der Waals surface area contributed by atoms with Gasteiger partial charge in [-0.25, -0.2) is 0 Å². The molecule has 0 bridgehead atoms. The number of benzene rings is 1. The Morgan fingerprint density at radius 1 is 1.12 bits per heavy atom. The minimum absolute atomic E-state index is 0.241. The van der Waals surface area contributed by atoms with E-state index in [-0.39, 0.29) is 18.4 Å². The number of carbonyl (C=O) groups is 2. The Morgan fingerprint density at radius 2 is 1.88 bits per heavy atom. The number of hydrogen-bond donors (Lipinski definition) is 2. The predicted molar refractivity (Wildman–Crippen MR) is 95.4 cm³/mol. The molecular formula is C18H18Cl2N2O3. The minimum Gasteiger partial charge on any atom is -0.467 e. The maximum Gasteiger partial charge on any atom is 0.236 e. The summed E-state index contributed by atoms with van der Waals surface area (Å²) in [5.74, 6) is 0.155. The third kappa shape index (κ3) is 4.17. The Bertz CT molecular complexity index is 771. The third-order valence-electron chi connectivity index (χ3n) is 4.32. The Morgan fingerprint density at radius 3 is 2.52 bits per heavy atom. The van der Waals surface area contributed by atoms with Crippen molar-refractivity contribution in [3.8, 4) is 0 Å². The lowest BCUT2D eigenvalue weighted by molar-refractivity contribution is -0.137. The summed E-state index contributed by atoms with van der Waals surface area (Å²) < 4.78 is 5.17. The van der Waals surface area contributed by atoms with Crippen LogP contribution in [0.25, 0.3) is 0 Å². The molecular weight excluding hydrogens is 363 g/mol. The molecule has 1 aromatic heterocycles. The molecule has 0 saturated heterocycles. The molecule has 1 aliphatic carbocycles. The van der Waals surface area contributed by atoms with Gasteiger partial charge in [-0.05, 0) is 49.1 Å². The highest BCUT2D eigenvalue weighted by Crippen LogP contribution is 2.46. The van der Waals surface area contributed by atoms with Gasteiger partial charge < -0.3 is 15.1 Å². The van der Waals surface area contributed by atoms with Gasteiger partial charge in [-0.2, -0.15) is 0 Å². The highest BCUT2D eigenvalue weighted by molar-refractivity contribution is 6.35. The van der Waals surface area contributed by atoms with Crippen LogP contribution < -0.4 is 10.6 Å². The number of amides is 2. The van der Waals surface area contributed by atoms with Crippen LogP contribution in [0.4, 0.5) is 0 Å². The standard InChI is InChI=1S/C18H18Cl2N2O3/c19-13-4-3-12(15(20)10-13)5-8-21-16(23)18(6-7-18)17(24)22-11-14-2-1-9-25-14/h1-4,9-10H,5-8,11H2,(H,21,23)(H,22,24). The SMILES string of the molecule is O=C(NCCc1ccc(Cl)cc1Cl)C1(C(=O)NCc2ccco2)CC1. The van der Waals surface area contributed by atoms with Crippen molar-refractivity contribution in [3.63, 3.8) is 0 Å². The molecule has 1 fully saturated rings. The molecule has 2 N–H and O–H groups in total. The van der Waals surface area contributed by atoms with Crippen molar-refractivity contribution in [1.82, 2.24) is 10.6 Å². The molecule has 2 aromatic rings. The summed E-state index contributed by atoms with van der Waals surface area (Å²) in [6, 6.07) is 8.79. The average molecular weight is 381 g/mol. The van der Waals surface area contributed by atoms with Gasteiger partial charge >= 0.3 is 0 Å². The van der Waals surface area contributed by atoms with Crippen LogP contribution in [-0.4, -0.2) is 18.4 Å². The highest BCUT2D eigenvalue weighted by atomic mass is 35.5. The number of carbonyl (C=O) groups excluding carboxylic acids is 2. The fourth-order valence-electron chi connectivity index (χ4n) is 2.64. The molecule has 0 unspecified atom stereocenters. The molecule has 2 amide bonds. The minimum atomic E-state index is -0.948. The van der Waals surface area contributed by atoms with E-state index in [1.165, 1.54) is 0 Å². The van der Waals surface area contributed by atoms with Gasteiger partial charge in [0.05, 0.1) is 12.8 Å². The second-order valence-corrected chi connectivity index (χ2v) is 6.93. The lowest BCUT2D eigenvalue weighted by atomic mass is 10.0. The number of nitrogens with one attached hydrogen (secondary N) is 2. The Balaban J connectivity index is 1.49. The van der Waals surface area contributed by atoms with Gasteiger partial charge in [0.25, 0.3) is 0 Å². The van der Waals surface area contributed by atoms with E-state index < -0.39 is 5.41 Å². The van der Waals surface area contributed by atoms with Crippen molar-refractivity contribution >= 4 is 35.0 Å². The van der Waals surface area contributed by atoms with Crippen LogP contribution in [-0.2, 0) is 22.6 Å². The Kier molecular flexibility index (Phi) is 5.35. The van der Waals surface area contributed by atoms with E-state index in [1.807, 2.05) is 6.07 Å². The van der Waals surface area contributed by atoms with E-state index in [9.17, 15) is 9.59 Å². The van der Waals surface area contributed by atoms with Crippen molar-refractivity contribution < 1.29 is 14.0 Å². The fourth-order valence-corrected chi connectivity index (χ4v) is 3.14. The molecule has 0 spiro atoms. The van der Waals surface area contributed by atoms with Gasteiger partial charge in [-0.15, -0.1) is 0 Å². The average Bonchev–Trinajstić information content (AvgIpc) is 3.24. The van der Waals surface area contributed by atoms with Gasteiger partial charge in [0.1, 0.15) is 11.2 Å². The van der Waals surface area contributed by atoms with Gasteiger partial charge in [0.15, 0.2) is 0 Å². The summed E-state index contributed by atoms with van der Waals surface area (Å²) in [7, 11) is 0. The number of halogens is 2. The summed E-state index contributed by atoms with van der Waals surface area (Å²) in [5, 5.41) is 6.74. The van der Waals surface area contributed by atoms with Gasteiger partial charge in [-0.1, -0.05) is 29.3 Å². The van der Waals surface area contributed by atoms with Gasteiger partial charge in [-0.3, -0.25) is 9.59 Å². The van der Waals surface area contributed by atoms with Gasteiger partial charge in [0.2, 0.25) is 11.8 Å². The van der Waals surface area contributed by atoms with Crippen LogP contribution in [0, 0.1) is 5.41 Å². The molecule has 1 heterocycles. The Hall–Kier alpha value is -1.98. The molecule has 0 radical (unpaired) electrons. The quantitative estimate of drug-likeness (QED) is 0.723. The highest BCUT2D eigenvalue weighted by Gasteiger charge is 2.56. The van der Waals surface area contributed by atoms with Crippen LogP contribution in [0.5, 0.6) is 0 Å². The van der Waals surface area contributed by atoms with Crippen LogP contribution in [0.2, 0.25) is 10.0 Å². The molecule has 0 atom stereocenters. The summed E-state index contributed by atoms with van der Waals surface area (Å²) in [4.78, 5) is 24.7. The van der Waals surface area contributed by atoms with Crippen LogP contribution in [0.3, 0.4) is 0 Å². The zero-order valence-electron chi connectivity index (χ0n) is 13.5. The molecule has 132 valence electrons. The first kappa shape index (κ1) is 17.8. The smallest absolute Gasteiger partial charge is 0.236 e. The lowest BCUT2D eigenvalue weighted by Gasteiger charge is -2.15. The summed E-state index contributed by atoms with van der Waals surface area (Å²) in [6.07, 6.45) is 3.24. The molecule has 0 aliphatic heterocycles. The zero-order chi connectivity index (χ0) is 17.9. The molecule has 1 saturated carbocycles. The van der Waals surface area contributed by atoms with Crippen molar-refractivity contribution in [1.29, 1.82) is 0 Å². The summed E-state index contributed by atoms with van der Waals surface area (Å²) in [5.41, 5.74) is -0.0467. The topological polar surface area (TPSA) is 71.3 Å². The molecule has 1 aromatic carbocycles. The van der Waals surface area contributed by atoms with E-state index in [2.05, 4.69) is 10.6 Å². The van der Waals surface area contributed by atoms with E-state index >= 15 is 0 Å². The molecule has 1 aliphatic rings. The molecule has 7 heteroatoms. The van der Waals surface area contributed by atoms with E-state index in [0.717, 1.165) is 5.56 Å². The lowest BCUT2D eigenvalue weighted by Crippen LogP contribution is -2.43. The van der Waals surface area contributed by atoms with E-state index in [0.29, 0.717) is 41.6 Å². The van der Waals surface area contributed by atoms with Crippen molar-refractivity contribution in [2.45, 2.75) is 25.8 Å². The normalized spacial score (nSPS) is 14.8.